The molecule has 114 valence electrons. The van der Waals surface area contributed by atoms with Crippen LogP contribution >= 0.6 is 0 Å². The molecule has 0 bridgehead atoms. The number of benzene rings is 1. The highest BCUT2D eigenvalue weighted by atomic mass is 16.7. The van der Waals surface area contributed by atoms with Gasteiger partial charge in [0.25, 0.3) is 0 Å². The van der Waals surface area contributed by atoms with Gasteiger partial charge in [-0.15, -0.1) is 0 Å². The minimum absolute atomic E-state index is 0.148. The number of nitrogens with one attached hydrogen (secondary N) is 1. The Hall–Kier alpha value is -2.38. The molecule has 7 heteroatoms. The summed E-state index contributed by atoms with van der Waals surface area (Å²) < 4.78 is 9.97. The van der Waals surface area contributed by atoms with Crippen LogP contribution in [0.15, 0.2) is 30.3 Å². The topological polar surface area (TPSA) is 105 Å². The number of ether oxygens (including phenoxy) is 2. The molecule has 21 heavy (non-hydrogen) atoms. The lowest BCUT2D eigenvalue weighted by atomic mass is 10.2. The van der Waals surface area contributed by atoms with E-state index in [4.69, 9.17) is 19.7 Å². The molecular weight excluding hydrogens is 278 g/mol. The van der Waals surface area contributed by atoms with Crippen molar-refractivity contribution in [2.75, 3.05) is 20.5 Å². The molecule has 0 saturated carbocycles. The van der Waals surface area contributed by atoms with Gasteiger partial charge in [0.2, 0.25) is 5.91 Å². The van der Waals surface area contributed by atoms with Crippen molar-refractivity contribution in [1.29, 1.82) is 0 Å². The summed E-state index contributed by atoms with van der Waals surface area (Å²) in [6.45, 7) is -0.518. The summed E-state index contributed by atoms with van der Waals surface area (Å²) in [4.78, 5) is 22.1. The van der Waals surface area contributed by atoms with Crippen molar-refractivity contribution in [3.05, 3.63) is 35.9 Å². The maximum Gasteiger partial charge on any atom is 0.328 e. The monoisotopic (exact) mass is 295 g/mol. The molecule has 0 spiro atoms. The third-order valence-corrected chi connectivity index (χ3v) is 2.45. The summed E-state index contributed by atoms with van der Waals surface area (Å²) in [5.74, 6) is -1.26. The quantitative estimate of drug-likeness (QED) is 0.469. The van der Waals surface area contributed by atoms with Gasteiger partial charge in [-0.25, -0.2) is 4.79 Å². The predicted octanol–water partition coefficient (Wildman–Crippen LogP) is 0.244. The van der Waals surface area contributed by atoms with E-state index >= 15 is 0 Å². The van der Waals surface area contributed by atoms with Crippen LogP contribution in [0.3, 0.4) is 0 Å². The fourth-order valence-corrected chi connectivity index (χ4v) is 1.38. The number of hydrogen-bond acceptors (Lipinski definition) is 5. The van der Waals surface area contributed by atoms with Gasteiger partial charge in [-0.2, -0.15) is 0 Å². The van der Waals surface area contributed by atoms with Crippen molar-refractivity contribution in [3.8, 4) is 5.75 Å². The van der Waals surface area contributed by atoms with E-state index in [2.05, 4.69) is 5.32 Å². The van der Waals surface area contributed by atoms with Gasteiger partial charge < -0.3 is 25.0 Å². The van der Waals surface area contributed by atoms with Crippen molar-refractivity contribution in [2.45, 2.75) is 6.04 Å². The Balaban J connectivity index is 2.55. The Morgan fingerprint density at radius 3 is 2.52 bits per heavy atom. The molecule has 1 amide bonds. The fourth-order valence-electron chi connectivity index (χ4n) is 1.38. The van der Waals surface area contributed by atoms with Crippen LogP contribution in [0.5, 0.6) is 5.75 Å². The molecule has 1 unspecified atom stereocenters. The van der Waals surface area contributed by atoms with E-state index < -0.39 is 24.5 Å². The van der Waals surface area contributed by atoms with Gasteiger partial charge >= 0.3 is 5.97 Å². The number of carboxylic acids is 1. The highest BCUT2D eigenvalue weighted by Gasteiger charge is 2.16. The van der Waals surface area contributed by atoms with E-state index in [9.17, 15) is 9.59 Å². The molecule has 0 aliphatic heterocycles. The van der Waals surface area contributed by atoms with E-state index in [0.29, 0.717) is 5.75 Å². The Labute approximate surface area is 121 Å². The SMILES string of the molecule is COCOc1ccc(/C=C/C(=O)NC(CO)C(=O)O)cc1. The van der Waals surface area contributed by atoms with Crippen LogP contribution in [-0.4, -0.2) is 48.6 Å². The highest BCUT2D eigenvalue weighted by Crippen LogP contribution is 2.13. The lowest BCUT2D eigenvalue weighted by Gasteiger charge is -2.09. The smallest absolute Gasteiger partial charge is 0.328 e. The first kappa shape index (κ1) is 16.7. The van der Waals surface area contributed by atoms with E-state index in [1.54, 1.807) is 24.3 Å². The largest absolute Gasteiger partial charge is 0.480 e. The molecule has 1 aromatic rings. The van der Waals surface area contributed by atoms with E-state index in [1.165, 1.54) is 19.3 Å². The Kier molecular flexibility index (Phi) is 6.93. The number of aliphatic hydroxyl groups is 1. The number of carboxylic acid groups (broad SMARTS) is 1. The molecule has 0 aliphatic carbocycles. The number of methoxy groups -OCH3 is 1. The first-order chi connectivity index (χ1) is 10.1. The molecule has 7 nitrogen and oxygen atoms in total. The minimum atomic E-state index is -1.31. The van der Waals surface area contributed by atoms with E-state index in [1.807, 2.05) is 0 Å². The summed E-state index contributed by atoms with van der Waals surface area (Å²) >= 11 is 0. The summed E-state index contributed by atoms with van der Waals surface area (Å²) in [7, 11) is 1.52. The number of carbonyl (C=O) groups is 2. The molecule has 1 atom stereocenters. The number of amides is 1. The van der Waals surface area contributed by atoms with Crippen LogP contribution in [0.1, 0.15) is 5.56 Å². The van der Waals surface area contributed by atoms with Crippen molar-refractivity contribution in [3.63, 3.8) is 0 Å². The Morgan fingerprint density at radius 1 is 1.33 bits per heavy atom. The molecule has 0 fully saturated rings. The van der Waals surface area contributed by atoms with Crippen LogP contribution in [-0.2, 0) is 14.3 Å². The number of carbonyl (C=O) groups excluding carboxylic acids is 1. The summed E-state index contributed by atoms with van der Waals surface area (Å²) in [6, 6.07) is 5.58. The van der Waals surface area contributed by atoms with Crippen molar-refractivity contribution >= 4 is 18.0 Å². The number of aliphatic hydroxyl groups excluding tert-OH is 1. The van der Waals surface area contributed by atoms with Gasteiger partial charge in [-0.05, 0) is 23.8 Å². The number of rotatable bonds is 8. The Morgan fingerprint density at radius 2 is 2.00 bits per heavy atom. The second kappa shape index (κ2) is 8.72. The zero-order chi connectivity index (χ0) is 15.7. The van der Waals surface area contributed by atoms with Gasteiger partial charge in [-0.1, -0.05) is 12.1 Å². The second-order valence-electron chi connectivity index (χ2n) is 4.04. The number of aliphatic carboxylic acids is 1. The Bertz CT molecular complexity index is 497. The predicted molar refractivity (Wildman–Crippen MR) is 74.6 cm³/mol. The minimum Gasteiger partial charge on any atom is -0.480 e. The standard InChI is InChI=1S/C14H17NO6/c1-20-9-21-11-5-2-10(3-6-11)4-7-13(17)15-12(8-16)14(18)19/h2-7,12,16H,8-9H2,1H3,(H,15,17)(H,18,19)/b7-4+. The van der Waals surface area contributed by atoms with Gasteiger partial charge in [-0.3, -0.25) is 4.79 Å². The summed E-state index contributed by atoms with van der Waals surface area (Å²) in [5, 5.41) is 19.6. The zero-order valence-electron chi connectivity index (χ0n) is 11.5. The molecule has 0 aliphatic rings. The molecule has 0 heterocycles. The molecule has 1 rings (SSSR count). The zero-order valence-corrected chi connectivity index (χ0v) is 11.5. The summed E-state index contributed by atoms with van der Waals surface area (Å²) in [5.41, 5.74) is 0.741. The third-order valence-electron chi connectivity index (χ3n) is 2.45. The summed E-state index contributed by atoms with van der Waals surface area (Å²) in [6.07, 6.45) is 2.71. The van der Waals surface area contributed by atoms with Crippen molar-refractivity contribution in [1.82, 2.24) is 5.32 Å². The van der Waals surface area contributed by atoms with E-state index in [0.717, 1.165) is 5.56 Å². The van der Waals surface area contributed by atoms with Crippen LogP contribution in [0.25, 0.3) is 6.08 Å². The molecule has 3 N–H and O–H groups in total. The van der Waals surface area contributed by atoms with Crippen LogP contribution in [0.2, 0.25) is 0 Å². The van der Waals surface area contributed by atoms with Gasteiger partial charge in [0.15, 0.2) is 12.8 Å². The van der Waals surface area contributed by atoms with Crippen LogP contribution < -0.4 is 10.1 Å². The van der Waals surface area contributed by atoms with Gasteiger partial charge in [0.05, 0.1) is 6.61 Å². The average Bonchev–Trinajstić information content (AvgIpc) is 2.49. The normalized spacial score (nSPS) is 12.1. The average molecular weight is 295 g/mol. The van der Waals surface area contributed by atoms with Crippen molar-refractivity contribution in [2.24, 2.45) is 0 Å². The first-order valence-electron chi connectivity index (χ1n) is 6.11. The number of hydrogen-bond donors (Lipinski definition) is 3. The second-order valence-corrected chi connectivity index (χ2v) is 4.04. The van der Waals surface area contributed by atoms with Gasteiger partial charge in [0, 0.05) is 13.2 Å². The maximum atomic E-state index is 11.5. The fraction of sp³-hybridized carbons (Fsp3) is 0.286. The molecule has 0 radical (unpaired) electrons. The van der Waals surface area contributed by atoms with Crippen LogP contribution in [0.4, 0.5) is 0 Å². The van der Waals surface area contributed by atoms with Crippen LogP contribution in [0, 0.1) is 0 Å². The first-order valence-corrected chi connectivity index (χ1v) is 6.11. The highest BCUT2D eigenvalue weighted by molar-refractivity contribution is 5.94. The third kappa shape index (κ3) is 6.07. The molecule has 1 aromatic carbocycles. The maximum absolute atomic E-state index is 11.5. The van der Waals surface area contributed by atoms with E-state index in [-0.39, 0.29) is 6.79 Å². The molecule has 0 saturated heterocycles. The molecular formula is C14H17NO6. The lowest BCUT2D eigenvalue weighted by Crippen LogP contribution is -2.42. The van der Waals surface area contributed by atoms with Gasteiger partial charge in [0.1, 0.15) is 5.75 Å². The lowest BCUT2D eigenvalue weighted by molar-refractivity contribution is -0.142. The van der Waals surface area contributed by atoms with Crippen molar-refractivity contribution < 1.29 is 29.3 Å². The molecule has 0 aromatic heterocycles.